The number of rotatable bonds is 11. The highest BCUT2D eigenvalue weighted by molar-refractivity contribution is 6.19. The molecule has 0 bridgehead atoms. The molecule has 5 nitrogen and oxygen atoms in total. The molecule has 400 valence electrons. The minimum absolute atomic E-state index is 0.707. The Labute approximate surface area is 498 Å². The van der Waals surface area contributed by atoms with E-state index in [2.05, 4.69) is 309 Å². The van der Waals surface area contributed by atoms with Crippen molar-refractivity contribution in [1.82, 2.24) is 15.4 Å². The summed E-state index contributed by atoms with van der Waals surface area (Å²) in [5.74, 6) is 0. The maximum absolute atomic E-state index is 6.05. The molecule has 16 rings (SSSR count). The van der Waals surface area contributed by atoms with Gasteiger partial charge in [-0.2, -0.15) is 0 Å². The lowest BCUT2D eigenvalue weighted by Crippen LogP contribution is -2.04. The number of fused-ring (bicyclic) bond motifs is 6. The third-order valence-electron chi connectivity index (χ3n) is 16.9. The van der Waals surface area contributed by atoms with Gasteiger partial charge in [-0.15, -0.1) is 10.2 Å². The molecule has 86 heavy (non-hydrogen) atoms. The second-order valence-corrected chi connectivity index (χ2v) is 21.7. The van der Waals surface area contributed by atoms with Crippen molar-refractivity contribution in [3.05, 3.63) is 331 Å². The molecular weight excluding hydrogens is 1040 g/mol. The van der Waals surface area contributed by atoms with Gasteiger partial charge in [0.05, 0.1) is 22.1 Å². The molecule has 13 aromatic carbocycles. The lowest BCUT2D eigenvalue weighted by atomic mass is 9.74. The summed E-state index contributed by atoms with van der Waals surface area (Å²) in [6.07, 6.45) is 0. The molecule has 2 aliphatic rings. The quantitative estimate of drug-likeness (QED) is 0.130. The Morgan fingerprint density at radius 1 is 0.174 bits per heavy atom. The van der Waals surface area contributed by atoms with Crippen LogP contribution in [0.25, 0.3) is 134 Å². The van der Waals surface area contributed by atoms with Gasteiger partial charge in [-0.25, -0.2) is 9.98 Å². The first kappa shape index (κ1) is 50.2. The molecule has 0 fully saturated rings. The van der Waals surface area contributed by atoms with E-state index in [-0.39, 0.29) is 0 Å². The molecule has 5 heteroatoms. The zero-order valence-electron chi connectivity index (χ0n) is 46.7. The predicted molar refractivity (Wildman–Crippen MR) is 351 cm³/mol. The van der Waals surface area contributed by atoms with Crippen molar-refractivity contribution in [1.29, 1.82) is 0 Å². The fourth-order valence-corrected chi connectivity index (χ4v) is 13.2. The van der Waals surface area contributed by atoms with Crippen molar-refractivity contribution in [3.63, 3.8) is 0 Å². The van der Waals surface area contributed by atoms with Gasteiger partial charge in [0.1, 0.15) is 11.4 Å². The Hall–Kier alpha value is -11.5. The van der Waals surface area contributed by atoms with Crippen molar-refractivity contribution < 1.29 is 0 Å². The number of hydrogen-bond acceptors (Lipinski definition) is 5. The van der Waals surface area contributed by atoms with Crippen molar-refractivity contribution >= 4 is 11.4 Å². The maximum Gasteiger partial charge on any atom is 0.105 e. The van der Waals surface area contributed by atoms with Gasteiger partial charge in [0.25, 0.3) is 0 Å². The first-order chi connectivity index (χ1) is 42.7. The van der Waals surface area contributed by atoms with E-state index in [1.807, 2.05) is 6.07 Å². The van der Waals surface area contributed by atoms with Crippen LogP contribution in [0.3, 0.4) is 0 Å². The SMILES string of the molecule is c1ccc(-c2ccccc2-c2ccccc2-c2c(-c3ccccc3-c3nnnc(-c4ccccc4)c3-c3ccccc3)c3c(c(-c4ccccc4-c4ccccc4-c4ccccc4)c2-c2ccccc2)-c2c4c(ccc2=N3)=c2ccccc2=N4)cc1. The van der Waals surface area contributed by atoms with E-state index >= 15 is 0 Å². The van der Waals surface area contributed by atoms with E-state index in [4.69, 9.17) is 20.2 Å². The highest BCUT2D eigenvalue weighted by Gasteiger charge is 2.36. The van der Waals surface area contributed by atoms with Crippen LogP contribution < -0.4 is 10.7 Å². The topological polar surface area (TPSA) is 63.4 Å². The highest BCUT2D eigenvalue weighted by Crippen LogP contribution is 2.61. The molecule has 0 N–H and O–H groups in total. The number of benzene rings is 13. The van der Waals surface area contributed by atoms with Crippen LogP contribution in [0.2, 0.25) is 0 Å². The summed E-state index contributed by atoms with van der Waals surface area (Å²) in [5.41, 5.74) is 26.1. The first-order valence-corrected chi connectivity index (χ1v) is 29.2. The van der Waals surface area contributed by atoms with E-state index in [1.165, 1.54) is 0 Å². The molecule has 0 unspecified atom stereocenters. The number of hydrogen-bond donors (Lipinski definition) is 0. The monoisotopic (exact) mass is 1090 g/mol. The number of nitrogens with zero attached hydrogens (tertiary/aromatic N) is 5. The van der Waals surface area contributed by atoms with Gasteiger partial charge in [-0.3, -0.25) is 0 Å². The summed E-state index contributed by atoms with van der Waals surface area (Å²) in [6, 6.07) is 111. The summed E-state index contributed by atoms with van der Waals surface area (Å²) < 4.78 is 0. The average Bonchev–Trinajstić information content (AvgIpc) is 1.48. The summed E-state index contributed by atoms with van der Waals surface area (Å²) in [5, 5.41) is 18.6. The maximum atomic E-state index is 6.05. The van der Waals surface area contributed by atoms with Crippen molar-refractivity contribution in [2.24, 2.45) is 9.98 Å². The Balaban J connectivity index is 1.13. The van der Waals surface area contributed by atoms with E-state index in [9.17, 15) is 0 Å². The second-order valence-electron chi connectivity index (χ2n) is 21.7. The Morgan fingerprint density at radius 3 is 1.08 bits per heavy atom. The van der Waals surface area contributed by atoms with Gasteiger partial charge in [0.2, 0.25) is 0 Å². The molecule has 0 amide bonds. The van der Waals surface area contributed by atoms with E-state index in [0.29, 0.717) is 5.69 Å². The van der Waals surface area contributed by atoms with Gasteiger partial charge in [-0.05, 0) is 101 Å². The van der Waals surface area contributed by atoms with Crippen LogP contribution >= 0.6 is 0 Å². The van der Waals surface area contributed by atoms with Crippen LogP contribution in [0.1, 0.15) is 0 Å². The minimum atomic E-state index is 0.707. The fraction of sp³-hybridized carbons (Fsp3) is 0. The molecule has 0 saturated carbocycles. The van der Waals surface area contributed by atoms with Gasteiger partial charge in [0, 0.05) is 54.9 Å². The molecule has 1 aromatic heterocycles. The molecule has 3 heterocycles. The second kappa shape index (κ2) is 21.3. The van der Waals surface area contributed by atoms with E-state index in [1.54, 1.807) is 0 Å². The standard InChI is InChI=1S/C81H51N5/c1-6-28-52(29-7-1)57-38-16-18-40-59(57)61-42-20-22-45-64(61)73-71(54-32-10-3-11-33-54)74(65-46-23-21-43-62(65)60-41-19-17-39-58(60)53-30-8-2-9-31-53)77-76-70(51-50-68-63-44-26-27-49-69(63)82-79(68)76)83-81(77)75(73)66-47-24-25-48-67(66)80-72(55-34-12-4-13-35-55)78(84-86-85-80)56-36-14-5-15-37-56/h1-51H. The fourth-order valence-electron chi connectivity index (χ4n) is 13.2. The molecule has 14 aromatic rings. The first-order valence-electron chi connectivity index (χ1n) is 29.2. The average molecular weight is 1090 g/mol. The molecule has 2 aliphatic heterocycles. The zero-order valence-corrected chi connectivity index (χ0v) is 46.7. The summed E-state index contributed by atoms with van der Waals surface area (Å²) >= 11 is 0. The summed E-state index contributed by atoms with van der Waals surface area (Å²) in [4.78, 5) is 11.6. The van der Waals surface area contributed by atoms with Crippen LogP contribution in [0.15, 0.2) is 319 Å². The van der Waals surface area contributed by atoms with Gasteiger partial charge < -0.3 is 0 Å². The van der Waals surface area contributed by atoms with Crippen molar-refractivity contribution in [2.45, 2.75) is 0 Å². The number of aromatic nitrogens is 3. The van der Waals surface area contributed by atoms with Gasteiger partial charge in [0.15, 0.2) is 0 Å². The lowest BCUT2D eigenvalue weighted by molar-refractivity contribution is 0.879. The van der Waals surface area contributed by atoms with Crippen LogP contribution in [-0.2, 0) is 0 Å². The summed E-state index contributed by atoms with van der Waals surface area (Å²) in [7, 11) is 0. The lowest BCUT2D eigenvalue weighted by Gasteiger charge is -2.28. The molecule has 0 spiro atoms. The molecule has 0 aliphatic carbocycles. The predicted octanol–water partition coefficient (Wildman–Crippen LogP) is 19.7. The van der Waals surface area contributed by atoms with Crippen molar-refractivity contribution in [3.8, 4) is 134 Å². The third kappa shape index (κ3) is 8.44. The van der Waals surface area contributed by atoms with Crippen LogP contribution in [0.5, 0.6) is 0 Å². The normalized spacial score (nSPS) is 11.7. The van der Waals surface area contributed by atoms with Gasteiger partial charge >= 0.3 is 0 Å². The third-order valence-corrected chi connectivity index (χ3v) is 16.9. The Bertz CT molecular complexity index is 5200. The van der Waals surface area contributed by atoms with E-state index in [0.717, 1.165) is 161 Å². The summed E-state index contributed by atoms with van der Waals surface area (Å²) in [6.45, 7) is 0. The zero-order chi connectivity index (χ0) is 56.9. The van der Waals surface area contributed by atoms with E-state index < -0.39 is 0 Å². The van der Waals surface area contributed by atoms with Crippen LogP contribution in [0, 0.1) is 10.4 Å². The Morgan fingerprint density at radius 2 is 0.547 bits per heavy atom. The molecule has 0 saturated heterocycles. The van der Waals surface area contributed by atoms with Gasteiger partial charge in [-0.1, -0.05) is 291 Å². The highest BCUT2D eigenvalue weighted by atomic mass is 15.3. The minimum Gasteiger partial charge on any atom is -0.247 e. The van der Waals surface area contributed by atoms with Crippen LogP contribution in [0.4, 0.5) is 11.4 Å². The smallest absolute Gasteiger partial charge is 0.105 e. The molecule has 0 radical (unpaired) electrons. The van der Waals surface area contributed by atoms with Crippen LogP contribution in [-0.4, -0.2) is 15.4 Å². The number of para-hydroxylation sites is 1. The largest absolute Gasteiger partial charge is 0.247 e. The van der Waals surface area contributed by atoms with Crippen molar-refractivity contribution in [2.75, 3.05) is 0 Å². The Kier molecular flexibility index (Phi) is 12.5. The molecule has 0 atom stereocenters. The molecular formula is C81H51N5.